The molecule has 6 nitrogen and oxygen atoms in total. The Labute approximate surface area is 137 Å². The van der Waals surface area contributed by atoms with E-state index in [0.29, 0.717) is 11.1 Å². The maximum absolute atomic E-state index is 13.0. The van der Waals surface area contributed by atoms with E-state index in [2.05, 4.69) is 10.3 Å². The molecule has 7 heteroatoms. The number of carbonyl (C=O) groups is 2. The number of pyridine rings is 1. The summed E-state index contributed by atoms with van der Waals surface area (Å²) >= 11 is 0. The number of β-amino-alcohol motifs (C(OH)–C–C–N with tert-alkyl or cyclic N) is 1. The number of hydrogen-bond acceptors (Lipinski definition) is 4. The van der Waals surface area contributed by atoms with Crippen molar-refractivity contribution in [3.8, 4) is 0 Å². The van der Waals surface area contributed by atoms with Crippen molar-refractivity contribution in [1.82, 2.24) is 15.2 Å². The van der Waals surface area contributed by atoms with Crippen molar-refractivity contribution < 1.29 is 19.1 Å². The number of halogens is 1. The number of imide groups is 1. The van der Waals surface area contributed by atoms with Crippen LogP contribution in [0.2, 0.25) is 0 Å². The van der Waals surface area contributed by atoms with Crippen LogP contribution in [0.1, 0.15) is 24.2 Å². The van der Waals surface area contributed by atoms with Crippen molar-refractivity contribution in [3.63, 3.8) is 0 Å². The van der Waals surface area contributed by atoms with Gasteiger partial charge in [0.15, 0.2) is 0 Å². The molecule has 1 aliphatic heterocycles. The van der Waals surface area contributed by atoms with Gasteiger partial charge in [-0.15, -0.1) is 0 Å². The summed E-state index contributed by atoms with van der Waals surface area (Å²) in [5, 5.41) is 12.9. The Morgan fingerprint density at radius 1 is 1.29 bits per heavy atom. The highest BCUT2D eigenvalue weighted by Gasteiger charge is 2.49. The number of amides is 3. The average Bonchev–Trinajstić information content (AvgIpc) is 2.80. The highest BCUT2D eigenvalue weighted by atomic mass is 19.1. The number of rotatable bonds is 4. The van der Waals surface area contributed by atoms with Crippen LogP contribution in [0.15, 0.2) is 48.8 Å². The SMILES string of the molecule is CC1(c2cccnc2)NC(=O)N(CC(O)c2ccc(F)cc2)C1=O. The Morgan fingerprint density at radius 2 is 2.00 bits per heavy atom. The monoisotopic (exact) mass is 329 g/mol. The lowest BCUT2D eigenvalue weighted by Crippen LogP contribution is -2.41. The number of benzene rings is 1. The van der Waals surface area contributed by atoms with E-state index in [1.807, 2.05) is 0 Å². The van der Waals surface area contributed by atoms with Crippen LogP contribution in [0.5, 0.6) is 0 Å². The molecular weight excluding hydrogens is 313 g/mol. The highest BCUT2D eigenvalue weighted by Crippen LogP contribution is 2.29. The van der Waals surface area contributed by atoms with E-state index >= 15 is 0 Å². The highest BCUT2D eigenvalue weighted by molar-refractivity contribution is 6.07. The third-order valence-electron chi connectivity index (χ3n) is 4.12. The second-order valence-electron chi connectivity index (χ2n) is 5.78. The zero-order valence-corrected chi connectivity index (χ0v) is 12.9. The molecule has 2 N–H and O–H groups in total. The molecule has 1 aliphatic rings. The Balaban J connectivity index is 1.81. The second kappa shape index (κ2) is 6.01. The fourth-order valence-corrected chi connectivity index (χ4v) is 2.68. The van der Waals surface area contributed by atoms with Gasteiger partial charge < -0.3 is 10.4 Å². The van der Waals surface area contributed by atoms with Crippen molar-refractivity contribution in [1.29, 1.82) is 0 Å². The van der Waals surface area contributed by atoms with Gasteiger partial charge in [0.25, 0.3) is 5.91 Å². The van der Waals surface area contributed by atoms with Crippen LogP contribution in [-0.4, -0.2) is 33.5 Å². The van der Waals surface area contributed by atoms with Gasteiger partial charge in [-0.3, -0.25) is 14.7 Å². The van der Waals surface area contributed by atoms with Crippen molar-refractivity contribution in [2.75, 3.05) is 6.54 Å². The summed E-state index contributed by atoms with van der Waals surface area (Å²) in [6.45, 7) is 1.38. The fourth-order valence-electron chi connectivity index (χ4n) is 2.68. The van der Waals surface area contributed by atoms with Crippen LogP contribution in [0, 0.1) is 5.82 Å². The average molecular weight is 329 g/mol. The molecule has 2 atom stereocenters. The van der Waals surface area contributed by atoms with E-state index < -0.39 is 29.4 Å². The first kappa shape index (κ1) is 16.1. The molecule has 0 aliphatic carbocycles. The lowest BCUT2D eigenvalue weighted by molar-refractivity contribution is -0.132. The topological polar surface area (TPSA) is 82.5 Å². The molecule has 0 saturated carbocycles. The van der Waals surface area contributed by atoms with Gasteiger partial charge in [-0.2, -0.15) is 0 Å². The third-order valence-corrected chi connectivity index (χ3v) is 4.12. The number of nitrogens with one attached hydrogen (secondary N) is 1. The van der Waals surface area contributed by atoms with E-state index in [-0.39, 0.29) is 6.54 Å². The molecule has 1 aromatic carbocycles. The molecule has 24 heavy (non-hydrogen) atoms. The first-order valence-electron chi connectivity index (χ1n) is 7.40. The maximum Gasteiger partial charge on any atom is 0.325 e. The molecule has 124 valence electrons. The smallest absolute Gasteiger partial charge is 0.325 e. The van der Waals surface area contributed by atoms with Crippen molar-refractivity contribution >= 4 is 11.9 Å². The number of carbonyl (C=O) groups excluding carboxylic acids is 2. The number of aliphatic hydroxyl groups is 1. The van der Waals surface area contributed by atoms with Crippen LogP contribution in [0.25, 0.3) is 0 Å². The molecule has 0 bridgehead atoms. The predicted molar refractivity (Wildman–Crippen MR) is 83.2 cm³/mol. The number of aliphatic hydroxyl groups excluding tert-OH is 1. The second-order valence-corrected chi connectivity index (χ2v) is 5.78. The van der Waals surface area contributed by atoms with Gasteiger partial charge in [0, 0.05) is 18.0 Å². The summed E-state index contributed by atoms with van der Waals surface area (Å²) < 4.78 is 13.0. The van der Waals surface area contributed by atoms with Gasteiger partial charge in [0.1, 0.15) is 11.4 Å². The Bertz CT molecular complexity index is 766. The lowest BCUT2D eigenvalue weighted by atomic mass is 9.93. The summed E-state index contributed by atoms with van der Waals surface area (Å²) in [6.07, 6.45) is 1.99. The van der Waals surface area contributed by atoms with E-state index in [1.54, 1.807) is 25.3 Å². The third kappa shape index (κ3) is 2.74. The molecule has 2 aromatic rings. The van der Waals surface area contributed by atoms with Crippen LogP contribution in [0.4, 0.5) is 9.18 Å². The van der Waals surface area contributed by atoms with Gasteiger partial charge >= 0.3 is 6.03 Å². The van der Waals surface area contributed by atoms with E-state index in [4.69, 9.17) is 0 Å². The zero-order chi connectivity index (χ0) is 17.3. The molecule has 1 fully saturated rings. The molecule has 2 heterocycles. The molecule has 1 saturated heterocycles. The van der Waals surface area contributed by atoms with Crippen molar-refractivity contribution in [3.05, 3.63) is 65.7 Å². The summed E-state index contributed by atoms with van der Waals surface area (Å²) in [5.74, 6) is -0.897. The Kier molecular flexibility index (Phi) is 4.02. The van der Waals surface area contributed by atoms with Crippen LogP contribution in [0.3, 0.4) is 0 Å². The number of urea groups is 1. The minimum Gasteiger partial charge on any atom is -0.387 e. The van der Waals surface area contributed by atoms with Gasteiger partial charge in [-0.25, -0.2) is 9.18 Å². The van der Waals surface area contributed by atoms with Crippen LogP contribution < -0.4 is 5.32 Å². The lowest BCUT2D eigenvalue weighted by Gasteiger charge is -2.22. The Hall–Kier alpha value is -2.80. The molecule has 1 aromatic heterocycles. The predicted octanol–water partition coefficient (Wildman–Crippen LogP) is 1.72. The van der Waals surface area contributed by atoms with E-state index in [9.17, 15) is 19.1 Å². The molecular formula is C17H16FN3O3. The van der Waals surface area contributed by atoms with Crippen LogP contribution >= 0.6 is 0 Å². The first-order chi connectivity index (χ1) is 11.4. The minimum atomic E-state index is -1.23. The summed E-state index contributed by atoms with van der Waals surface area (Å²) in [5.41, 5.74) is -0.248. The quantitative estimate of drug-likeness (QED) is 0.837. The van der Waals surface area contributed by atoms with Crippen LogP contribution in [-0.2, 0) is 10.3 Å². The molecule has 0 spiro atoms. The summed E-state index contributed by atoms with van der Waals surface area (Å²) in [7, 11) is 0. The molecule has 0 radical (unpaired) electrons. The number of hydrogen-bond donors (Lipinski definition) is 2. The molecule has 3 rings (SSSR count). The zero-order valence-electron chi connectivity index (χ0n) is 12.9. The van der Waals surface area contributed by atoms with Gasteiger partial charge in [-0.05, 0) is 30.7 Å². The molecule has 3 amide bonds. The van der Waals surface area contributed by atoms with Crippen molar-refractivity contribution in [2.24, 2.45) is 0 Å². The normalized spacial score (nSPS) is 21.7. The van der Waals surface area contributed by atoms with Crippen molar-refractivity contribution in [2.45, 2.75) is 18.6 Å². The maximum atomic E-state index is 13.0. The Morgan fingerprint density at radius 3 is 2.62 bits per heavy atom. The van der Waals surface area contributed by atoms with Gasteiger partial charge in [-0.1, -0.05) is 18.2 Å². The standard InChI is InChI=1S/C17H16FN3O3/c1-17(12-3-2-8-19-9-12)15(23)21(16(24)20-17)10-14(22)11-4-6-13(18)7-5-11/h2-9,14,22H,10H2,1H3,(H,20,24). The number of aromatic nitrogens is 1. The van der Waals surface area contributed by atoms with Gasteiger partial charge in [0.2, 0.25) is 0 Å². The minimum absolute atomic E-state index is 0.216. The fraction of sp³-hybridized carbons (Fsp3) is 0.235. The largest absolute Gasteiger partial charge is 0.387 e. The summed E-state index contributed by atoms with van der Waals surface area (Å²) in [4.78, 5) is 29.8. The molecule has 2 unspecified atom stereocenters. The van der Waals surface area contributed by atoms with Gasteiger partial charge in [0.05, 0.1) is 12.6 Å². The van der Waals surface area contributed by atoms with E-state index in [0.717, 1.165) is 4.90 Å². The van der Waals surface area contributed by atoms with E-state index in [1.165, 1.54) is 30.5 Å². The number of nitrogens with zero attached hydrogens (tertiary/aromatic N) is 2. The first-order valence-corrected chi connectivity index (χ1v) is 7.40. The summed E-state index contributed by atoms with van der Waals surface area (Å²) in [6, 6.07) is 8.04.